The van der Waals surface area contributed by atoms with Gasteiger partial charge in [-0.15, -0.1) is 0 Å². The molecule has 0 radical (unpaired) electrons. The van der Waals surface area contributed by atoms with E-state index in [1.54, 1.807) is 6.92 Å². The number of rotatable bonds is 3. The van der Waals surface area contributed by atoms with Crippen LogP contribution in [0.25, 0.3) is 0 Å². The molecule has 0 spiro atoms. The third-order valence-electron chi connectivity index (χ3n) is 3.60. The number of halogens is 3. The van der Waals surface area contributed by atoms with Gasteiger partial charge in [-0.25, -0.2) is 0 Å². The fourth-order valence-electron chi connectivity index (χ4n) is 2.28. The molecule has 0 bridgehead atoms. The van der Waals surface area contributed by atoms with Crippen molar-refractivity contribution in [2.24, 2.45) is 0 Å². The average Bonchev–Trinajstić information content (AvgIpc) is 2.47. The second kappa shape index (κ2) is 6.44. The molecule has 7 heteroatoms. The topological polar surface area (TPSA) is 42.8 Å². The first-order chi connectivity index (χ1) is 9.88. The molecule has 0 saturated carbocycles. The maximum atomic E-state index is 12.6. The van der Waals surface area contributed by atoms with Crippen molar-refractivity contribution in [3.05, 3.63) is 29.8 Å². The quantitative estimate of drug-likeness (QED) is 0.873. The molecular formula is C14H18F3N2O2+. The summed E-state index contributed by atoms with van der Waals surface area (Å²) in [6, 6.07) is 4.33. The number of carbonyl (C=O) groups is 1. The first kappa shape index (κ1) is 15.8. The number of benzene rings is 1. The smallest absolute Gasteiger partial charge is 0.370 e. The summed E-state index contributed by atoms with van der Waals surface area (Å²) in [5.74, 6) is -0.286. The van der Waals surface area contributed by atoms with Gasteiger partial charge in [0.15, 0.2) is 6.04 Å². The van der Waals surface area contributed by atoms with Crippen molar-refractivity contribution in [1.82, 2.24) is 0 Å². The summed E-state index contributed by atoms with van der Waals surface area (Å²) >= 11 is 0. The molecule has 1 saturated heterocycles. The van der Waals surface area contributed by atoms with E-state index in [4.69, 9.17) is 4.74 Å². The van der Waals surface area contributed by atoms with Crippen LogP contribution < -0.4 is 10.2 Å². The summed E-state index contributed by atoms with van der Waals surface area (Å²) in [5.41, 5.74) is -0.610. The van der Waals surface area contributed by atoms with Gasteiger partial charge < -0.3 is 15.0 Å². The molecule has 0 aromatic heterocycles. The van der Waals surface area contributed by atoms with E-state index >= 15 is 0 Å². The Kier molecular flexibility index (Phi) is 4.84. The zero-order chi connectivity index (χ0) is 15.5. The van der Waals surface area contributed by atoms with Crippen LogP contribution >= 0.6 is 0 Å². The highest BCUT2D eigenvalue weighted by Crippen LogP contribution is 2.30. The second-order valence-electron chi connectivity index (χ2n) is 5.06. The monoisotopic (exact) mass is 303 g/mol. The summed E-state index contributed by atoms with van der Waals surface area (Å²) in [4.78, 5) is 13.2. The van der Waals surface area contributed by atoms with Crippen LogP contribution in [0.3, 0.4) is 0 Å². The van der Waals surface area contributed by atoms with E-state index in [1.165, 1.54) is 12.1 Å². The van der Waals surface area contributed by atoms with Crippen molar-refractivity contribution >= 4 is 11.6 Å². The number of carbonyl (C=O) groups excluding carboxylic acids is 1. The van der Waals surface area contributed by atoms with Gasteiger partial charge in [0, 0.05) is 5.69 Å². The number of ether oxygens (including phenoxy) is 1. The highest BCUT2D eigenvalue weighted by molar-refractivity contribution is 5.93. The molecule has 0 unspecified atom stereocenters. The predicted molar refractivity (Wildman–Crippen MR) is 71.1 cm³/mol. The Morgan fingerprint density at radius 3 is 2.62 bits per heavy atom. The Morgan fingerprint density at radius 2 is 2.00 bits per heavy atom. The van der Waals surface area contributed by atoms with Crippen LogP contribution in [0.2, 0.25) is 0 Å². The van der Waals surface area contributed by atoms with Crippen LogP contribution in [-0.4, -0.2) is 38.3 Å². The lowest BCUT2D eigenvalue weighted by atomic mass is 10.2. The number of anilines is 1. The molecule has 2 N–H and O–H groups in total. The second-order valence-corrected chi connectivity index (χ2v) is 5.06. The van der Waals surface area contributed by atoms with Gasteiger partial charge in [0.2, 0.25) is 0 Å². The third-order valence-corrected chi connectivity index (χ3v) is 3.60. The van der Waals surface area contributed by atoms with Gasteiger partial charge in [0.25, 0.3) is 5.91 Å². The molecule has 1 amide bonds. The van der Waals surface area contributed by atoms with Crippen molar-refractivity contribution in [3.63, 3.8) is 0 Å². The number of nitrogens with one attached hydrogen (secondary N) is 2. The van der Waals surface area contributed by atoms with Crippen LogP contribution in [0.4, 0.5) is 18.9 Å². The highest BCUT2D eigenvalue weighted by atomic mass is 19.4. The van der Waals surface area contributed by atoms with Gasteiger partial charge in [-0.3, -0.25) is 4.79 Å². The van der Waals surface area contributed by atoms with Crippen molar-refractivity contribution in [2.45, 2.75) is 19.1 Å². The number of quaternary nitrogens is 1. The number of amides is 1. The lowest BCUT2D eigenvalue weighted by Crippen LogP contribution is -3.18. The van der Waals surface area contributed by atoms with Gasteiger partial charge >= 0.3 is 6.18 Å². The fourth-order valence-corrected chi connectivity index (χ4v) is 2.28. The first-order valence-corrected chi connectivity index (χ1v) is 6.78. The maximum Gasteiger partial charge on any atom is 0.416 e. The fraction of sp³-hybridized carbons (Fsp3) is 0.500. The van der Waals surface area contributed by atoms with Crippen LogP contribution in [0, 0.1) is 0 Å². The summed E-state index contributed by atoms with van der Waals surface area (Å²) in [6.07, 6.45) is -4.41. The summed E-state index contributed by atoms with van der Waals surface area (Å²) in [6.45, 7) is 4.39. The van der Waals surface area contributed by atoms with E-state index in [0.29, 0.717) is 13.2 Å². The molecule has 4 nitrogen and oxygen atoms in total. The predicted octanol–water partition coefficient (Wildman–Crippen LogP) is 0.947. The van der Waals surface area contributed by atoms with Crippen molar-refractivity contribution < 1.29 is 27.6 Å². The molecule has 1 heterocycles. The van der Waals surface area contributed by atoms with Crippen molar-refractivity contribution in [2.75, 3.05) is 31.6 Å². The summed E-state index contributed by atoms with van der Waals surface area (Å²) in [7, 11) is 0. The van der Waals surface area contributed by atoms with E-state index in [-0.39, 0.29) is 17.6 Å². The van der Waals surface area contributed by atoms with Crippen LogP contribution in [-0.2, 0) is 15.7 Å². The zero-order valence-electron chi connectivity index (χ0n) is 11.7. The molecular weight excluding hydrogens is 285 g/mol. The van der Waals surface area contributed by atoms with Gasteiger partial charge in [0.1, 0.15) is 13.1 Å². The Hall–Kier alpha value is -1.60. The van der Waals surface area contributed by atoms with Crippen molar-refractivity contribution in [1.29, 1.82) is 0 Å². The third kappa shape index (κ3) is 4.18. The van der Waals surface area contributed by atoms with Crippen LogP contribution in [0.15, 0.2) is 24.3 Å². The maximum absolute atomic E-state index is 12.6. The van der Waals surface area contributed by atoms with E-state index in [0.717, 1.165) is 30.1 Å². The van der Waals surface area contributed by atoms with Gasteiger partial charge in [-0.05, 0) is 25.1 Å². The molecule has 21 heavy (non-hydrogen) atoms. The molecule has 1 atom stereocenters. The van der Waals surface area contributed by atoms with E-state index in [1.807, 2.05) is 0 Å². The lowest BCUT2D eigenvalue weighted by Gasteiger charge is -2.28. The first-order valence-electron chi connectivity index (χ1n) is 6.78. The lowest BCUT2D eigenvalue weighted by molar-refractivity contribution is -0.921. The van der Waals surface area contributed by atoms with E-state index in [9.17, 15) is 18.0 Å². The molecule has 116 valence electrons. The normalized spacial score (nSPS) is 18.3. The van der Waals surface area contributed by atoms with E-state index in [2.05, 4.69) is 5.32 Å². The minimum atomic E-state index is -4.41. The Balaban J connectivity index is 2.02. The number of alkyl halides is 3. The Bertz CT molecular complexity index is 499. The standard InChI is InChI=1S/C14H17F3N2O2/c1-10(19-5-7-21-8-6-19)13(20)18-12-4-2-3-11(9-12)14(15,16)17/h2-4,9-10H,5-8H2,1H3,(H,18,20)/p+1/t10-/m0/s1. The molecule has 2 rings (SSSR count). The highest BCUT2D eigenvalue weighted by Gasteiger charge is 2.31. The average molecular weight is 303 g/mol. The number of morpholine rings is 1. The number of hydrogen-bond acceptors (Lipinski definition) is 2. The largest absolute Gasteiger partial charge is 0.416 e. The Labute approximate surface area is 120 Å². The van der Waals surface area contributed by atoms with E-state index < -0.39 is 11.7 Å². The molecule has 1 aromatic carbocycles. The zero-order valence-corrected chi connectivity index (χ0v) is 11.7. The molecule has 1 fully saturated rings. The minimum absolute atomic E-state index is 0.161. The minimum Gasteiger partial charge on any atom is -0.370 e. The van der Waals surface area contributed by atoms with Gasteiger partial charge in [0.05, 0.1) is 18.8 Å². The molecule has 1 aliphatic heterocycles. The summed E-state index contributed by atoms with van der Waals surface area (Å²) < 4.78 is 43.1. The molecule has 1 aliphatic rings. The SMILES string of the molecule is C[C@@H](C(=O)Nc1cccc(C(F)(F)F)c1)[NH+]1CCOCC1. The van der Waals surface area contributed by atoms with Crippen LogP contribution in [0.1, 0.15) is 12.5 Å². The molecule has 1 aromatic rings. The van der Waals surface area contributed by atoms with Gasteiger partial charge in [-0.1, -0.05) is 6.07 Å². The van der Waals surface area contributed by atoms with Crippen LogP contribution in [0.5, 0.6) is 0 Å². The number of hydrogen-bond donors (Lipinski definition) is 2. The molecule has 0 aliphatic carbocycles. The van der Waals surface area contributed by atoms with Crippen molar-refractivity contribution in [3.8, 4) is 0 Å². The van der Waals surface area contributed by atoms with Gasteiger partial charge in [-0.2, -0.15) is 13.2 Å². The summed E-state index contributed by atoms with van der Waals surface area (Å²) in [5, 5.41) is 2.55. The Morgan fingerprint density at radius 1 is 1.33 bits per heavy atom.